The molecule has 23 heavy (non-hydrogen) atoms. The van der Waals surface area contributed by atoms with Gasteiger partial charge in [-0.15, -0.1) is 0 Å². The third-order valence-electron chi connectivity index (χ3n) is 3.08. The van der Waals surface area contributed by atoms with E-state index >= 15 is 0 Å². The van der Waals surface area contributed by atoms with E-state index in [2.05, 4.69) is 15.9 Å². The number of anilines is 1. The number of alkyl halides is 1. The van der Waals surface area contributed by atoms with Gasteiger partial charge in [-0.05, 0) is 49.8 Å². The number of carbonyl (C=O) groups is 1. The summed E-state index contributed by atoms with van der Waals surface area (Å²) < 4.78 is 5.51. The summed E-state index contributed by atoms with van der Waals surface area (Å²) in [4.78, 5) is 13.7. The van der Waals surface area contributed by atoms with Crippen molar-refractivity contribution in [3.8, 4) is 0 Å². The van der Waals surface area contributed by atoms with E-state index in [1.165, 1.54) is 10.4 Å². The van der Waals surface area contributed by atoms with Gasteiger partial charge in [0.2, 0.25) is 0 Å². The molecule has 2 aromatic carbocycles. The van der Waals surface area contributed by atoms with Crippen molar-refractivity contribution in [3.63, 3.8) is 0 Å². The van der Waals surface area contributed by atoms with Gasteiger partial charge in [0.15, 0.2) is 0 Å². The lowest BCUT2D eigenvalue weighted by Gasteiger charge is -2.29. The molecule has 0 aliphatic rings. The molecule has 122 valence electrons. The fraction of sp³-hybridized carbons (Fsp3) is 0.278. The zero-order valence-electron chi connectivity index (χ0n) is 13.3. The van der Waals surface area contributed by atoms with E-state index in [-0.39, 0.29) is 0 Å². The van der Waals surface area contributed by atoms with Gasteiger partial charge >= 0.3 is 6.09 Å². The van der Waals surface area contributed by atoms with Crippen LogP contribution in [-0.2, 0) is 4.74 Å². The molecular weight excluding hydrogens is 378 g/mol. The number of amides is 1. The lowest BCUT2D eigenvalue weighted by atomic mass is 10.1. The zero-order valence-corrected chi connectivity index (χ0v) is 15.6. The van der Waals surface area contributed by atoms with Crippen molar-refractivity contribution < 1.29 is 9.53 Å². The Labute approximate surface area is 150 Å². The van der Waals surface area contributed by atoms with E-state index in [0.717, 1.165) is 16.5 Å². The normalized spacial score (nSPS) is 13.3. The second-order valence-electron chi connectivity index (χ2n) is 6.07. The van der Waals surface area contributed by atoms with Crippen LogP contribution in [0.15, 0.2) is 54.1 Å². The summed E-state index contributed by atoms with van der Waals surface area (Å²) >= 11 is 9.14. The van der Waals surface area contributed by atoms with Crippen LogP contribution in [0.3, 0.4) is 0 Å². The van der Waals surface area contributed by atoms with E-state index in [9.17, 15) is 4.79 Å². The molecule has 2 aromatic rings. The molecule has 5 heteroatoms. The Balaban J connectivity index is 2.44. The van der Waals surface area contributed by atoms with Crippen LogP contribution in [0.4, 0.5) is 10.5 Å². The first-order valence-electron chi connectivity index (χ1n) is 7.24. The van der Waals surface area contributed by atoms with Crippen molar-refractivity contribution in [2.75, 3.05) is 4.90 Å². The predicted octanol–water partition coefficient (Wildman–Crippen LogP) is 6.05. The monoisotopic (exact) mass is 395 g/mol. The largest absolute Gasteiger partial charge is 0.443 e. The average Bonchev–Trinajstić information content (AvgIpc) is 2.45. The number of carbonyl (C=O) groups excluding carboxylic acids is 1. The van der Waals surface area contributed by atoms with Crippen LogP contribution >= 0.6 is 27.5 Å². The van der Waals surface area contributed by atoms with Crippen LogP contribution in [0.1, 0.15) is 20.8 Å². The van der Waals surface area contributed by atoms with E-state index in [1.54, 1.807) is 6.08 Å². The highest BCUT2D eigenvalue weighted by Crippen LogP contribution is 2.27. The Kier molecular flexibility index (Phi) is 5.71. The summed E-state index contributed by atoms with van der Waals surface area (Å²) in [7, 11) is 0. The summed E-state index contributed by atoms with van der Waals surface area (Å²) in [6.07, 6.45) is 1.23. The first kappa shape index (κ1) is 17.8. The van der Waals surface area contributed by atoms with Crippen LogP contribution < -0.4 is 4.90 Å². The number of benzene rings is 2. The quantitative estimate of drug-likeness (QED) is 0.466. The van der Waals surface area contributed by atoms with Crippen LogP contribution in [0.2, 0.25) is 0 Å². The SMILES string of the molecule is CC(C)(C)OC(=O)N(c1ccc2ccccc2c1)C(Br)/C=C/Cl. The Hall–Kier alpha value is -1.52. The fourth-order valence-corrected chi connectivity index (χ4v) is 3.00. The van der Waals surface area contributed by atoms with Crippen molar-refractivity contribution in [1.82, 2.24) is 0 Å². The van der Waals surface area contributed by atoms with Crippen molar-refractivity contribution in [3.05, 3.63) is 54.1 Å². The van der Waals surface area contributed by atoms with E-state index in [4.69, 9.17) is 16.3 Å². The number of halogens is 2. The molecule has 1 unspecified atom stereocenters. The van der Waals surface area contributed by atoms with Gasteiger partial charge in [0.25, 0.3) is 0 Å². The minimum absolute atomic E-state index is 0.406. The Bertz CT molecular complexity index is 724. The van der Waals surface area contributed by atoms with E-state index < -0.39 is 16.6 Å². The molecule has 3 nitrogen and oxygen atoms in total. The molecule has 0 saturated carbocycles. The number of rotatable bonds is 3. The molecule has 0 spiro atoms. The zero-order chi connectivity index (χ0) is 17.0. The van der Waals surface area contributed by atoms with Gasteiger partial charge in [-0.2, -0.15) is 0 Å². The summed E-state index contributed by atoms with van der Waals surface area (Å²) in [5.41, 5.74) is 1.52. The van der Waals surface area contributed by atoms with Gasteiger partial charge in [-0.3, -0.25) is 4.90 Å². The van der Waals surface area contributed by atoms with Crippen LogP contribution in [0.25, 0.3) is 10.8 Å². The number of ether oxygens (including phenoxy) is 1. The van der Waals surface area contributed by atoms with Gasteiger partial charge in [0.05, 0.1) is 0 Å². The molecule has 0 N–H and O–H groups in total. The molecule has 2 rings (SSSR count). The lowest BCUT2D eigenvalue weighted by molar-refractivity contribution is 0.0581. The maximum Gasteiger partial charge on any atom is 0.416 e. The molecule has 1 atom stereocenters. The highest BCUT2D eigenvalue weighted by Gasteiger charge is 2.27. The molecule has 0 aliphatic heterocycles. The molecule has 0 heterocycles. The first-order valence-corrected chi connectivity index (χ1v) is 8.59. The molecule has 0 saturated heterocycles. The highest BCUT2D eigenvalue weighted by molar-refractivity contribution is 9.09. The van der Waals surface area contributed by atoms with E-state index in [0.29, 0.717) is 0 Å². The minimum Gasteiger partial charge on any atom is -0.443 e. The summed E-state index contributed by atoms with van der Waals surface area (Å²) in [6, 6.07) is 13.8. The van der Waals surface area contributed by atoms with Gasteiger partial charge in [-0.1, -0.05) is 57.9 Å². The highest BCUT2D eigenvalue weighted by atomic mass is 79.9. The van der Waals surface area contributed by atoms with Gasteiger partial charge in [0.1, 0.15) is 10.6 Å². The van der Waals surface area contributed by atoms with Crippen molar-refractivity contribution in [1.29, 1.82) is 0 Å². The minimum atomic E-state index is -0.580. The van der Waals surface area contributed by atoms with Crippen LogP contribution in [0.5, 0.6) is 0 Å². The van der Waals surface area contributed by atoms with Crippen molar-refractivity contribution in [2.45, 2.75) is 31.3 Å². The standard InChI is InChI=1S/C18H19BrClNO2/c1-18(2,3)23-17(22)21(16(19)10-11-20)15-9-8-13-6-4-5-7-14(13)12-15/h4-12,16H,1-3H3/b11-10+. The molecule has 0 bridgehead atoms. The second-order valence-corrected chi connectivity index (χ2v) is 7.26. The molecular formula is C18H19BrClNO2. The average molecular weight is 397 g/mol. The Morgan fingerprint density at radius 3 is 2.48 bits per heavy atom. The van der Waals surface area contributed by atoms with Gasteiger partial charge < -0.3 is 4.74 Å². The summed E-state index contributed by atoms with van der Waals surface area (Å²) in [5, 5.41) is 2.16. The number of hydrogen-bond donors (Lipinski definition) is 0. The molecule has 0 aromatic heterocycles. The first-order chi connectivity index (χ1) is 10.8. The van der Waals surface area contributed by atoms with Crippen LogP contribution in [-0.4, -0.2) is 16.6 Å². The third kappa shape index (κ3) is 4.72. The number of fused-ring (bicyclic) bond motifs is 1. The number of hydrogen-bond acceptors (Lipinski definition) is 2. The second kappa shape index (κ2) is 7.37. The maximum absolute atomic E-state index is 12.6. The van der Waals surface area contributed by atoms with Crippen molar-refractivity contribution in [2.24, 2.45) is 0 Å². The fourth-order valence-electron chi connectivity index (χ4n) is 2.13. The lowest BCUT2D eigenvalue weighted by Crippen LogP contribution is -2.40. The van der Waals surface area contributed by atoms with Gasteiger partial charge in [-0.25, -0.2) is 4.79 Å². The van der Waals surface area contributed by atoms with Crippen molar-refractivity contribution >= 4 is 50.1 Å². The number of nitrogens with zero attached hydrogens (tertiary/aromatic N) is 1. The predicted molar refractivity (Wildman–Crippen MR) is 100 cm³/mol. The summed E-state index contributed by atoms with van der Waals surface area (Å²) in [5.74, 6) is 0. The Morgan fingerprint density at radius 2 is 1.87 bits per heavy atom. The van der Waals surface area contributed by atoms with Gasteiger partial charge in [0, 0.05) is 11.2 Å². The molecule has 0 aliphatic carbocycles. The molecule has 0 fully saturated rings. The third-order valence-corrected chi connectivity index (χ3v) is 3.94. The smallest absolute Gasteiger partial charge is 0.416 e. The topological polar surface area (TPSA) is 29.5 Å². The summed E-state index contributed by atoms with van der Waals surface area (Å²) in [6.45, 7) is 5.51. The Morgan fingerprint density at radius 1 is 1.22 bits per heavy atom. The molecule has 1 amide bonds. The maximum atomic E-state index is 12.6. The van der Waals surface area contributed by atoms with Crippen LogP contribution in [0, 0.1) is 0 Å². The van der Waals surface area contributed by atoms with E-state index in [1.807, 2.05) is 63.2 Å². The molecule has 0 radical (unpaired) electrons.